The van der Waals surface area contributed by atoms with Crippen LogP contribution in [-0.4, -0.2) is 18.8 Å². The summed E-state index contributed by atoms with van der Waals surface area (Å²) in [5, 5.41) is 2.98. The van der Waals surface area contributed by atoms with Crippen molar-refractivity contribution < 1.29 is 13.9 Å². The molecule has 2 rings (SSSR count). The molecule has 122 valence electrons. The summed E-state index contributed by atoms with van der Waals surface area (Å²) in [7, 11) is 0. The maximum Gasteiger partial charge on any atom is 0.258 e. The number of thioether (sulfide) groups is 1. The van der Waals surface area contributed by atoms with Crippen LogP contribution >= 0.6 is 23.4 Å². The highest BCUT2D eigenvalue weighted by Crippen LogP contribution is 2.24. The van der Waals surface area contributed by atoms with E-state index in [1.165, 1.54) is 17.0 Å². The van der Waals surface area contributed by atoms with Gasteiger partial charge in [-0.05, 0) is 49.1 Å². The molecule has 0 radical (unpaired) electrons. The number of nitrogens with one attached hydrogen (secondary N) is 1. The lowest BCUT2D eigenvalue weighted by molar-refractivity contribution is -0.123. The van der Waals surface area contributed by atoms with E-state index in [2.05, 4.69) is 5.32 Å². The maximum atomic E-state index is 12.9. The lowest BCUT2D eigenvalue weighted by atomic mass is 10.1. The average Bonchev–Trinajstić information content (AvgIpc) is 2.54. The number of ether oxygens (including phenoxy) is 1. The van der Waals surface area contributed by atoms with Gasteiger partial charge in [0.05, 0.1) is 11.1 Å². The third kappa shape index (κ3) is 5.15. The van der Waals surface area contributed by atoms with Crippen molar-refractivity contribution in [3.8, 4) is 5.75 Å². The molecule has 0 aliphatic heterocycles. The molecule has 2 aromatic carbocycles. The predicted octanol–water partition coefficient (Wildman–Crippen LogP) is 4.46. The van der Waals surface area contributed by atoms with Gasteiger partial charge < -0.3 is 10.1 Å². The number of hydrogen-bond acceptors (Lipinski definition) is 3. The van der Waals surface area contributed by atoms with Gasteiger partial charge >= 0.3 is 0 Å². The van der Waals surface area contributed by atoms with Gasteiger partial charge in [-0.2, -0.15) is 0 Å². The molecular formula is C17H17ClFNO2S. The summed E-state index contributed by atoms with van der Waals surface area (Å²) in [5.74, 6) is -0.443. The van der Waals surface area contributed by atoms with Gasteiger partial charge in [0, 0.05) is 4.90 Å². The fraction of sp³-hybridized carbons (Fsp3) is 0.235. The number of carbonyl (C=O) groups is 1. The Kier molecular flexibility index (Phi) is 6.30. The second-order valence-corrected chi connectivity index (χ2v) is 6.21. The molecule has 0 saturated carbocycles. The van der Waals surface area contributed by atoms with Crippen molar-refractivity contribution in [2.24, 2.45) is 0 Å². The van der Waals surface area contributed by atoms with Crippen LogP contribution in [0.5, 0.6) is 5.75 Å². The number of carbonyl (C=O) groups excluding carboxylic acids is 1. The Balaban J connectivity index is 1.88. The molecule has 0 aliphatic rings. The molecule has 1 amide bonds. The smallest absolute Gasteiger partial charge is 0.258 e. The Morgan fingerprint density at radius 2 is 2.00 bits per heavy atom. The Hall–Kier alpha value is -1.72. The largest absolute Gasteiger partial charge is 0.482 e. The van der Waals surface area contributed by atoms with Gasteiger partial charge in [-0.25, -0.2) is 4.39 Å². The highest BCUT2D eigenvalue weighted by Gasteiger charge is 2.11. The second-order valence-electron chi connectivity index (χ2n) is 4.93. The van der Waals surface area contributed by atoms with Gasteiger partial charge in [-0.3, -0.25) is 4.79 Å². The first kappa shape index (κ1) is 17.6. The summed E-state index contributed by atoms with van der Waals surface area (Å²) >= 11 is 7.51. The van der Waals surface area contributed by atoms with Crippen LogP contribution in [0.3, 0.4) is 0 Å². The standard InChI is InChI=1S/C17H17ClFNO2S/c1-11(12-3-6-14(23-2)7-4-12)20-17(21)10-22-16-8-5-13(19)9-15(16)18/h3-9,11H,10H2,1-2H3,(H,20,21). The molecule has 0 bridgehead atoms. The molecule has 1 atom stereocenters. The summed E-state index contributed by atoms with van der Waals surface area (Å²) < 4.78 is 18.3. The summed E-state index contributed by atoms with van der Waals surface area (Å²) in [6, 6.07) is 11.6. The number of benzene rings is 2. The molecule has 0 heterocycles. The van der Waals surface area contributed by atoms with Gasteiger partial charge in [0.1, 0.15) is 11.6 Å². The van der Waals surface area contributed by atoms with Crippen molar-refractivity contribution in [2.45, 2.75) is 17.9 Å². The van der Waals surface area contributed by atoms with E-state index < -0.39 is 5.82 Å². The van der Waals surface area contributed by atoms with Crippen LogP contribution in [0.15, 0.2) is 47.4 Å². The molecule has 0 aliphatic carbocycles. The van der Waals surface area contributed by atoms with Crippen molar-refractivity contribution in [1.29, 1.82) is 0 Å². The van der Waals surface area contributed by atoms with Crippen LogP contribution in [0.2, 0.25) is 5.02 Å². The number of hydrogen-bond donors (Lipinski definition) is 1. The van der Waals surface area contributed by atoms with Gasteiger partial charge in [-0.1, -0.05) is 23.7 Å². The maximum absolute atomic E-state index is 12.9. The van der Waals surface area contributed by atoms with Crippen LogP contribution in [0.1, 0.15) is 18.5 Å². The number of rotatable bonds is 6. The zero-order chi connectivity index (χ0) is 16.8. The zero-order valence-corrected chi connectivity index (χ0v) is 14.4. The second kappa shape index (κ2) is 8.22. The third-order valence-electron chi connectivity index (χ3n) is 3.25. The lowest BCUT2D eigenvalue weighted by Gasteiger charge is -2.15. The van der Waals surface area contributed by atoms with E-state index in [-0.39, 0.29) is 29.3 Å². The number of amides is 1. The first-order chi connectivity index (χ1) is 11.0. The number of halogens is 2. The zero-order valence-electron chi connectivity index (χ0n) is 12.8. The van der Waals surface area contributed by atoms with E-state index in [0.29, 0.717) is 0 Å². The molecule has 0 spiro atoms. The fourth-order valence-electron chi connectivity index (χ4n) is 1.99. The Morgan fingerprint density at radius 3 is 2.61 bits per heavy atom. The van der Waals surface area contributed by atoms with Gasteiger partial charge in [0.25, 0.3) is 5.91 Å². The summed E-state index contributed by atoms with van der Waals surface area (Å²) in [4.78, 5) is 13.1. The summed E-state index contributed by atoms with van der Waals surface area (Å²) in [6.07, 6.45) is 2.01. The van der Waals surface area contributed by atoms with Crippen molar-refractivity contribution in [1.82, 2.24) is 5.32 Å². The normalized spacial score (nSPS) is 11.8. The minimum Gasteiger partial charge on any atom is -0.482 e. The van der Waals surface area contributed by atoms with Crippen LogP contribution in [0, 0.1) is 5.82 Å². The highest BCUT2D eigenvalue weighted by molar-refractivity contribution is 7.98. The molecule has 1 N–H and O–H groups in total. The van der Waals surface area contributed by atoms with Gasteiger partial charge in [0.2, 0.25) is 0 Å². The van der Waals surface area contributed by atoms with Crippen LogP contribution in [0.25, 0.3) is 0 Å². The first-order valence-corrected chi connectivity index (χ1v) is 8.61. The van der Waals surface area contributed by atoms with E-state index >= 15 is 0 Å². The van der Waals surface area contributed by atoms with Crippen molar-refractivity contribution >= 4 is 29.3 Å². The van der Waals surface area contributed by atoms with Crippen LogP contribution in [-0.2, 0) is 4.79 Å². The molecule has 1 unspecified atom stereocenters. The minimum atomic E-state index is -0.450. The third-order valence-corrected chi connectivity index (χ3v) is 4.28. The van der Waals surface area contributed by atoms with Gasteiger partial charge in [-0.15, -0.1) is 11.8 Å². The first-order valence-electron chi connectivity index (χ1n) is 7.00. The molecule has 0 aromatic heterocycles. The van der Waals surface area contributed by atoms with E-state index in [1.54, 1.807) is 11.8 Å². The SMILES string of the molecule is CSc1ccc(C(C)NC(=O)COc2ccc(F)cc2Cl)cc1. The van der Waals surface area contributed by atoms with Crippen molar-refractivity contribution in [3.63, 3.8) is 0 Å². The molecule has 0 fully saturated rings. The molecule has 6 heteroatoms. The van der Waals surface area contributed by atoms with Crippen LogP contribution < -0.4 is 10.1 Å². The van der Waals surface area contributed by atoms with E-state index in [1.807, 2.05) is 37.4 Å². The topological polar surface area (TPSA) is 38.3 Å². The average molecular weight is 354 g/mol. The monoisotopic (exact) mass is 353 g/mol. The molecule has 0 saturated heterocycles. The van der Waals surface area contributed by atoms with E-state index in [4.69, 9.17) is 16.3 Å². The van der Waals surface area contributed by atoms with Gasteiger partial charge in [0.15, 0.2) is 6.61 Å². The van der Waals surface area contributed by atoms with Crippen molar-refractivity contribution in [2.75, 3.05) is 12.9 Å². The molecular weight excluding hydrogens is 337 g/mol. The fourth-order valence-corrected chi connectivity index (χ4v) is 2.62. The minimum absolute atomic E-state index is 0.134. The highest BCUT2D eigenvalue weighted by atomic mass is 35.5. The molecule has 23 heavy (non-hydrogen) atoms. The quantitative estimate of drug-likeness (QED) is 0.779. The summed E-state index contributed by atoms with van der Waals surface area (Å²) in [5.41, 5.74) is 1.01. The Morgan fingerprint density at radius 1 is 1.30 bits per heavy atom. The Labute approximate surface area is 144 Å². The van der Waals surface area contributed by atoms with Crippen LogP contribution in [0.4, 0.5) is 4.39 Å². The van der Waals surface area contributed by atoms with E-state index in [9.17, 15) is 9.18 Å². The summed E-state index contributed by atoms with van der Waals surface area (Å²) in [6.45, 7) is 1.72. The molecule has 3 nitrogen and oxygen atoms in total. The lowest BCUT2D eigenvalue weighted by Crippen LogP contribution is -2.31. The van der Waals surface area contributed by atoms with Crippen molar-refractivity contribution in [3.05, 3.63) is 58.9 Å². The molecule has 2 aromatic rings. The Bertz CT molecular complexity index is 679. The predicted molar refractivity (Wildman–Crippen MR) is 91.7 cm³/mol. The van der Waals surface area contributed by atoms with E-state index in [0.717, 1.165) is 11.6 Å².